The minimum Gasteiger partial charge on any atom is -0.497 e. The van der Waals surface area contributed by atoms with Crippen LogP contribution in [0.15, 0.2) is 24.3 Å². The highest BCUT2D eigenvalue weighted by atomic mass is 16.5. The van der Waals surface area contributed by atoms with E-state index in [2.05, 4.69) is 5.32 Å². The summed E-state index contributed by atoms with van der Waals surface area (Å²) >= 11 is 0. The van der Waals surface area contributed by atoms with Crippen LogP contribution in [0.2, 0.25) is 0 Å². The summed E-state index contributed by atoms with van der Waals surface area (Å²) in [5.41, 5.74) is 0.795. The fraction of sp³-hybridized carbons (Fsp3) is 0.591. The normalized spacial score (nSPS) is 13.8. The molecule has 1 aromatic carbocycles. The maximum absolute atomic E-state index is 11.9. The number of nitrogens with one attached hydrogen (secondary N) is 1. The molecule has 0 atom stereocenters. The maximum atomic E-state index is 11.9. The number of carbonyl (C=O) groups is 3. The largest absolute Gasteiger partial charge is 0.497 e. The Balaban J connectivity index is 1.41. The fourth-order valence-electron chi connectivity index (χ4n) is 3.39. The van der Waals surface area contributed by atoms with Gasteiger partial charge >= 0.3 is 0 Å². The summed E-state index contributed by atoms with van der Waals surface area (Å²) in [5, 5.41) is 2.90. The molecule has 1 N–H and O–H groups in total. The summed E-state index contributed by atoms with van der Waals surface area (Å²) < 4.78 is 5.10. The molecule has 0 spiro atoms. The molecule has 1 aliphatic heterocycles. The molecule has 2 rings (SSSR count). The van der Waals surface area contributed by atoms with Crippen LogP contribution in [0.4, 0.5) is 5.69 Å². The summed E-state index contributed by atoms with van der Waals surface area (Å²) in [6.07, 6.45) is 9.85. The lowest BCUT2D eigenvalue weighted by Gasteiger charge is -2.13. The molecule has 0 saturated carbocycles. The van der Waals surface area contributed by atoms with Crippen molar-refractivity contribution in [2.75, 3.05) is 19.0 Å². The molecule has 3 amide bonds. The molecule has 0 unspecified atom stereocenters. The van der Waals surface area contributed by atoms with E-state index in [0.717, 1.165) is 50.0 Å². The third-order valence-corrected chi connectivity index (χ3v) is 5.06. The first-order valence-corrected chi connectivity index (χ1v) is 10.4. The number of benzene rings is 1. The van der Waals surface area contributed by atoms with Crippen molar-refractivity contribution in [1.29, 1.82) is 0 Å². The molecule has 1 aromatic rings. The van der Waals surface area contributed by atoms with Gasteiger partial charge in [0.05, 0.1) is 7.11 Å². The number of anilines is 1. The Kier molecular flexibility index (Phi) is 9.52. The fourth-order valence-corrected chi connectivity index (χ4v) is 3.39. The third-order valence-electron chi connectivity index (χ3n) is 5.06. The number of ether oxygens (including phenoxy) is 1. The van der Waals surface area contributed by atoms with Gasteiger partial charge in [-0.3, -0.25) is 19.3 Å². The van der Waals surface area contributed by atoms with Gasteiger partial charge in [0.15, 0.2) is 0 Å². The van der Waals surface area contributed by atoms with Gasteiger partial charge in [-0.15, -0.1) is 0 Å². The van der Waals surface area contributed by atoms with Gasteiger partial charge in [-0.25, -0.2) is 0 Å². The zero-order chi connectivity index (χ0) is 20.2. The van der Waals surface area contributed by atoms with Crippen LogP contribution in [-0.4, -0.2) is 36.3 Å². The first kappa shape index (κ1) is 21.9. The molecule has 1 heterocycles. The van der Waals surface area contributed by atoms with Gasteiger partial charge in [-0.05, 0) is 37.1 Å². The molecule has 154 valence electrons. The van der Waals surface area contributed by atoms with Gasteiger partial charge in [-0.1, -0.05) is 38.5 Å². The molecule has 0 aliphatic carbocycles. The summed E-state index contributed by atoms with van der Waals surface area (Å²) in [7, 11) is 1.62. The lowest BCUT2D eigenvalue weighted by Crippen LogP contribution is -2.29. The van der Waals surface area contributed by atoms with Crippen molar-refractivity contribution in [3.63, 3.8) is 0 Å². The van der Waals surface area contributed by atoms with Crippen LogP contribution in [0.3, 0.4) is 0 Å². The van der Waals surface area contributed by atoms with Crippen molar-refractivity contribution in [1.82, 2.24) is 4.90 Å². The number of carbonyl (C=O) groups excluding carboxylic acids is 3. The quantitative estimate of drug-likeness (QED) is 0.404. The first-order chi connectivity index (χ1) is 13.6. The Labute approximate surface area is 167 Å². The molecule has 6 nitrogen and oxygen atoms in total. The highest BCUT2D eigenvalue weighted by molar-refractivity contribution is 6.01. The van der Waals surface area contributed by atoms with Crippen LogP contribution in [0.5, 0.6) is 5.75 Å². The minimum atomic E-state index is -0.0129. The first-order valence-electron chi connectivity index (χ1n) is 10.4. The van der Waals surface area contributed by atoms with Crippen molar-refractivity contribution in [3.8, 4) is 5.75 Å². The van der Waals surface area contributed by atoms with Crippen molar-refractivity contribution in [2.45, 2.75) is 70.6 Å². The minimum absolute atomic E-state index is 0.0129. The summed E-state index contributed by atoms with van der Waals surface area (Å²) in [5.74, 6) is 0.800. The Morgan fingerprint density at radius 1 is 0.893 bits per heavy atom. The van der Waals surface area contributed by atoms with E-state index in [0.29, 0.717) is 25.8 Å². The van der Waals surface area contributed by atoms with E-state index in [4.69, 9.17) is 4.74 Å². The van der Waals surface area contributed by atoms with Crippen molar-refractivity contribution in [2.24, 2.45) is 0 Å². The van der Waals surface area contributed by atoms with Gasteiger partial charge in [0.25, 0.3) is 0 Å². The van der Waals surface area contributed by atoms with Gasteiger partial charge < -0.3 is 10.1 Å². The van der Waals surface area contributed by atoms with Gasteiger partial charge in [0.1, 0.15) is 5.75 Å². The zero-order valence-corrected chi connectivity index (χ0v) is 16.9. The van der Waals surface area contributed by atoms with Crippen LogP contribution >= 0.6 is 0 Å². The van der Waals surface area contributed by atoms with Crippen LogP contribution in [0.25, 0.3) is 0 Å². The van der Waals surface area contributed by atoms with Gasteiger partial charge in [0.2, 0.25) is 17.7 Å². The number of rotatable bonds is 13. The molecule has 1 fully saturated rings. The smallest absolute Gasteiger partial charge is 0.229 e. The second kappa shape index (κ2) is 12.2. The van der Waals surface area contributed by atoms with E-state index in [1.807, 2.05) is 24.3 Å². The highest BCUT2D eigenvalue weighted by Gasteiger charge is 2.27. The van der Waals surface area contributed by atoms with E-state index in [-0.39, 0.29) is 17.7 Å². The molecule has 1 saturated heterocycles. The summed E-state index contributed by atoms with van der Waals surface area (Å²) in [6.45, 7) is 0.584. The number of unbranched alkanes of at least 4 members (excludes halogenated alkanes) is 7. The maximum Gasteiger partial charge on any atom is 0.229 e. The number of methoxy groups -OCH3 is 1. The average molecular weight is 389 g/mol. The van der Waals surface area contributed by atoms with Crippen LogP contribution < -0.4 is 10.1 Å². The van der Waals surface area contributed by atoms with E-state index in [1.165, 1.54) is 17.7 Å². The summed E-state index contributed by atoms with van der Waals surface area (Å²) in [4.78, 5) is 36.3. The van der Waals surface area contributed by atoms with E-state index in [9.17, 15) is 14.4 Å². The van der Waals surface area contributed by atoms with E-state index >= 15 is 0 Å². The monoisotopic (exact) mass is 388 g/mol. The Morgan fingerprint density at radius 2 is 1.43 bits per heavy atom. The lowest BCUT2D eigenvalue weighted by molar-refractivity contribution is -0.138. The Bertz CT molecular complexity index is 626. The molecule has 28 heavy (non-hydrogen) atoms. The molecule has 0 bridgehead atoms. The van der Waals surface area contributed by atoms with E-state index in [1.54, 1.807) is 7.11 Å². The average Bonchev–Trinajstić information content (AvgIpc) is 3.01. The van der Waals surface area contributed by atoms with Crippen molar-refractivity contribution < 1.29 is 19.1 Å². The van der Waals surface area contributed by atoms with Crippen LogP contribution in [-0.2, 0) is 14.4 Å². The SMILES string of the molecule is COc1ccc(NC(=O)CCCCCCCCCCN2C(=O)CCC2=O)cc1. The van der Waals surface area contributed by atoms with E-state index < -0.39 is 0 Å². The molecule has 0 radical (unpaired) electrons. The van der Waals surface area contributed by atoms with Crippen molar-refractivity contribution >= 4 is 23.4 Å². The number of nitrogens with zero attached hydrogens (tertiary/aromatic N) is 1. The number of hydrogen-bond donors (Lipinski definition) is 1. The molecule has 1 aliphatic rings. The van der Waals surface area contributed by atoms with Gasteiger partial charge in [-0.2, -0.15) is 0 Å². The zero-order valence-electron chi connectivity index (χ0n) is 16.9. The van der Waals surface area contributed by atoms with Gasteiger partial charge in [0, 0.05) is 31.5 Å². The topological polar surface area (TPSA) is 75.7 Å². The number of imide groups is 1. The second-order valence-corrected chi connectivity index (χ2v) is 7.29. The predicted octanol–water partition coefficient (Wildman–Crippen LogP) is 4.29. The van der Waals surface area contributed by atoms with Crippen molar-refractivity contribution in [3.05, 3.63) is 24.3 Å². The lowest BCUT2D eigenvalue weighted by atomic mass is 10.1. The van der Waals surface area contributed by atoms with Crippen LogP contribution in [0, 0.1) is 0 Å². The number of amides is 3. The van der Waals surface area contributed by atoms with Crippen LogP contribution in [0.1, 0.15) is 70.6 Å². The number of likely N-dealkylation sites (tertiary alicyclic amines) is 1. The molecular formula is C22H32N2O4. The highest BCUT2D eigenvalue weighted by Crippen LogP contribution is 2.16. The molecular weight excluding hydrogens is 356 g/mol. The predicted molar refractivity (Wildman–Crippen MR) is 109 cm³/mol. The Hall–Kier alpha value is -2.37. The Morgan fingerprint density at radius 3 is 2.00 bits per heavy atom. The molecule has 0 aromatic heterocycles. The summed E-state index contributed by atoms with van der Waals surface area (Å²) in [6, 6.07) is 7.34. The molecule has 6 heteroatoms. The standard InChI is InChI=1S/C22H32N2O4/c1-28-19-13-11-18(12-14-19)23-20(25)10-8-6-4-2-3-5-7-9-17-24-21(26)15-16-22(24)27/h11-14H,2-10,15-17H2,1H3,(H,23,25). The number of hydrogen-bond acceptors (Lipinski definition) is 4. The third kappa shape index (κ3) is 7.71. The second-order valence-electron chi connectivity index (χ2n) is 7.29.